The number of amides is 2. The van der Waals surface area contributed by atoms with Gasteiger partial charge in [-0.15, -0.1) is 11.3 Å². The van der Waals surface area contributed by atoms with E-state index in [2.05, 4.69) is 15.8 Å². The monoisotopic (exact) mass is 525 g/mol. The average Bonchev–Trinajstić information content (AvgIpc) is 3.33. The van der Waals surface area contributed by atoms with E-state index in [-0.39, 0.29) is 11.3 Å². The summed E-state index contributed by atoms with van der Waals surface area (Å²) in [6.45, 7) is 0. The lowest BCUT2D eigenvalue weighted by Crippen LogP contribution is -2.32. The lowest BCUT2D eigenvalue weighted by atomic mass is 10.2. The van der Waals surface area contributed by atoms with Gasteiger partial charge in [-0.25, -0.2) is 5.43 Å². The number of nitrogens with zero attached hydrogens (tertiary/aromatic N) is 1. The highest BCUT2D eigenvalue weighted by Crippen LogP contribution is 2.17. The third-order valence-corrected chi connectivity index (χ3v) is 5.12. The molecule has 28 heavy (non-hydrogen) atoms. The van der Waals surface area contributed by atoms with Gasteiger partial charge in [0.1, 0.15) is 11.5 Å². The Kier molecular flexibility index (Phi) is 7.01. The van der Waals surface area contributed by atoms with E-state index < -0.39 is 11.8 Å². The zero-order valence-corrected chi connectivity index (χ0v) is 17.9. The van der Waals surface area contributed by atoms with Gasteiger partial charge in [0.15, 0.2) is 3.77 Å². The number of carbonyl (C=O) groups excluding carboxylic acids is 2. The minimum Gasteiger partial charge on any atom is -0.449 e. The maximum atomic E-state index is 12.5. The first-order chi connectivity index (χ1) is 13.5. The van der Waals surface area contributed by atoms with Crippen molar-refractivity contribution in [3.05, 3.63) is 84.6 Å². The zero-order chi connectivity index (χ0) is 19.9. The summed E-state index contributed by atoms with van der Waals surface area (Å²) in [5.41, 5.74) is 2.69. The average molecular weight is 526 g/mol. The van der Waals surface area contributed by atoms with E-state index in [1.807, 2.05) is 40.1 Å². The number of furan rings is 1. The standard InChI is InChI=1S/C19H13ClIN3O3S/c20-15-6-2-1-5-14(15)18(25)23-16(10-13-4-3-9-28-13)19(26)24-22-11-12-7-8-17(21)27-12/h1-11H,(H,23,25)(H,24,26)/b16-10+,22-11?. The fraction of sp³-hybridized carbons (Fsp3) is 0. The van der Waals surface area contributed by atoms with Crippen LogP contribution < -0.4 is 10.7 Å². The summed E-state index contributed by atoms with van der Waals surface area (Å²) in [5, 5.41) is 8.63. The highest BCUT2D eigenvalue weighted by atomic mass is 127. The maximum absolute atomic E-state index is 12.5. The number of hydrogen-bond acceptors (Lipinski definition) is 5. The molecule has 142 valence electrons. The smallest absolute Gasteiger partial charge is 0.287 e. The Morgan fingerprint density at radius 1 is 1.14 bits per heavy atom. The number of rotatable bonds is 6. The predicted octanol–water partition coefficient (Wildman–Crippen LogP) is 4.52. The van der Waals surface area contributed by atoms with Crippen LogP contribution in [0.15, 0.2) is 69.1 Å². The molecule has 2 amide bonds. The first-order valence-electron chi connectivity index (χ1n) is 7.93. The summed E-state index contributed by atoms with van der Waals surface area (Å²) in [6, 6.07) is 13.8. The number of thiophene rings is 1. The van der Waals surface area contributed by atoms with Crippen LogP contribution in [-0.2, 0) is 4.79 Å². The van der Waals surface area contributed by atoms with E-state index >= 15 is 0 Å². The molecular formula is C19H13ClIN3O3S. The van der Waals surface area contributed by atoms with Gasteiger partial charge >= 0.3 is 0 Å². The van der Waals surface area contributed by atoms with E-state index in [1.54, 1.807) is 42.5 Å². The molecule has 9 heteroatoms. The first-order valence-corrected chi connectivity index (χ1v) is 10.3. The molecule has 0 aliphatic carbocycles. The third kappa shape index (κ3) is 5.54. The van der Waals surface area contributed by atoms with Crippen LogP contribution in [0.25, 0.3) is 6.08 Å². The molecule has 0 unspecified atom stereocenters. The summed E-state index contributed by atoms with van der Waals surface area (Å²) in [4.78, 5) is 25.9. The Hall–Kier alpha value is -2.43. The van der Waals surface area contributed by atoms with Crippen LogP contribution in [0.5, 0.6) is 0 Å². The van der Waals surface area contributed by atoms with Gasteiger partial charge in [0.2, 0.25) is 0 Å². The molecule has 2 aromatic heterocycles. The minimum atomic E-state index is -0.577. The van der Waals surface area contributed by atoms with Crippen molar-refractivity contribution in [1.82, 2.24) is 10.7 Å². The summed E-state index contributed by atoms with van der Waals surface area (Å²) in [6.07, 6.45) is 2.94. The highest BCUT2D eigenvalue weighted by molar-refractivity contribution is 14.1. The van der Waals surface area contributed by atoms with Gasteiger partial charge in [-0.05, 0) is 64.4 Å². The van der Waals surface area contributed by atoms with Crippen LogP contribution >= 0.6 is 45.5 Å². The molecule has 3 aromatic rings. The van der Waals surface area contributed by atoms with E-state index in [4.69, 9.17) is 16.0 Å². The van der Waals surface area contributed by atoms with Crippen LogP contribution in [0.1, 0.15) is 21.0 Å². The molecule has 6 nitrogen and oxygen atoms in total. The fourth-order valence-electron chi connectivity index (χ4n) is 2.12. The number of carbonyl (C=O) groups is 2. The van der Waals surface area contributed by atoms with Crippen molar-refractivity contribution in [1.29, 1.82) is 0 Å². The molecule has 0 aliphatic heterocycles. The fourth-order valence-corrected chi connectivity index (χ4v) is 3.43. The van der Waals surface area contributed by atoms with Gasteiger partial charge < -0.3 is 9.73 Å². The second-order valence-electron chi connectivity index (χ2n) is 5.35. The predicted molar refractivity (Wildman–Crippen MR) is 118 cm³/mol. The van der Waals surface area contributed by atoms with Crippen LogP contribution in [-0.4, -0.2) is 18.0 Å². The minimum absolute atomic E-state index is 0.0403. The zero-order valence-electron chi connectivity index (χ0n) is 14.2. The van der Waals surface area contributed by atoms with Crippen molar-refractivity contribution in [3.63, 3.8) is 0 Å². The van der Waals surface area contributed by atoms with Crippen LogP contribution in [0.3, 0.4) is 0 Å². The van der Waals surface area contributed by atoms with Gasteiger partial charge in [0.05, 0.1) is 16.8 Å². The van der Waals surface area contributed by atoms with Crippen LogP contribution in [0.2, 0.25) is 5.02 Å². The first kappa shape index (κ1) is 20.3. The van der Waals surface area contributed by atoms with E-state index in [9.17, 15) is 9.59 Å². The second-order valence-corrected chi connectivity index (χ2v) is 7.80. The molecule has 0 saturated carbocycles. The van der Waals surface area contributed by atoms with Crippen molar-refractivity contribution in [2.45, 2.75) is 0 Å². The summed E-state index contributed by atoms with van der Waals surface area (Å²) in [5.74, 6) is -0.576. The van der Waals surface area contributed by atoms with Gasteiger partial charge in [-0.1, -0.05) is 29.8 Å². The second kappa shape index (κ2) is 9.67. The van der Waals surface area contributed by atoms with Crippen LogP contribution in [0.4, 0.5) is 0 Å². The largest absolute Gasteiger partial charge is 0.449 e. The Morgan fingerprint density at radius 3 is 2.64 bits per heavy atom. The van der Waals surface area contributed by atoms with Crippen molar-refractivity contribution in [2.75, 3.05) is 0 Å². The summed E-state index contributed by atoms with van der Waals surface area (Å²) in [7, 11) is 0. The SMILES string of the molecule is O=C(NN=Cc1ccc(I)o1)/C(=C\c1cccs1)NC(=O)c1ccccc1Cl. The molecule has 0 bridgehead atoms. The van der Waals surface area contributed by atoms with Gasteiger partial charge in [0, 0.05) is 4.88 Å². The van der Waals surface area contributed by atoms with E-state index in [1.165, 1.54) is 17.6 Å². The number of hydrazone groups is 1. The summed E-state index contributed by atoms with van der Waals surface area (Å²) < 4.78 is 6.04. The molecule has 0 atom stereocenters. The van der Waals surface area contributed by atoms with E-state index in [0.717, 1.165) is 4.88 Å². The van der Waals surface area contributed by atoms with Crippen molar-refractivity contribution in [3.8, 4) is 0 Å². The molecule has 2 N–H and O–H groups in total. The van der Waals surface area contributed by atoms with Gasteiger partial charge in [0.25, 0.3) is 11.8 Å². The number of halogens is 2. The Morgan fingerprint density at radius 2 is 1.96 bits per heavy atom. The molecular weight excluding hydrogens is 513 g/mol. The lowest BCUT2D eigenvalue weighted by Gasteiger charge is -2.09. The van der Waals surface area contributed by atoms with Crippen molar-refractivity contribution >= 4 is 69.6 Å². The number of benzene rings is 1. The highest BCUT2D eigenvalue weighted by Gasteiger charge is 2.16. The van der Waals surface area contributed by atoms with Crippen molar-refractivity contribution in [2.24, 2.45) is 5.10 Å². The normalized spacial score (nSPS) is 11.6. The van der Waals surface area contributed by atoms with Gasteiger partial charge in [-0.2, -0.15) is 5.10 Å². The lowest BCUT2D eigenvalue weighted by molar-refractivity contribution is -0.117. The van der Waals surface area contributed by atoms with E-state index in [0.29, 0.717) is 14.5 Å². The maximum Gasteiger partial charge on any atom is 0.287 e. The molecule has 2 heterocycles. The molecule has 3 rings (SSSR count). The Balaban J connectivity index is 1.77. The molecule has 0 saturated heterocycles. The Labute approximate surface area is 183 Å². The molecule has 0 fully saturated rings. The Bertz CT molecular complexity index is 1040. The molecule has 1 aromatic carbocycles. The molecule has 0 spiro atoms. The summed E-state index contributed by atoms with van der Waals surface area (Å²) >= 11 is 9.52. The van der Waals surface area contributed by atoms with Crippen LogP contribution in [0, 0.1) is 3.77 Å². The topological polar surface area (TPSA) is 83.7 Å². The quantitative estimate of drug-likeness (QED) is 0.215. The van der Waals surface area contributed by atoms with Crippen molar-refractivity contribution < 1.29 is 14.0 Å². The molecule has 0 radical (unpaired) electrons. The number of hydrogen-bond donors (Lipinski definition) is 2. The number of nitrogens with one attached hydrogen (secondary N) is 2. The third-order valence-electron chi connectivity index (χ3n) is 3.39. The molecule has 0 aliphatic rings. The van der Waals surface area contributed by atoms with Gasteiger partial charge in [-0.3, -0.25) is 9.59 Å².